The van der Waals surface area contributed by atoms with Crippen molar-refractivity contribution in [2.75, 3.05) is 26.7 Å². The number of hydrogen-bond donors (Lipinski definition) is 1. The van der Waals surface area contributed by atoms with Gasteiger partial charge in [0.05, 0.1) is 13.2 Å². The fourth-order valence-electron chi connectivity index (χ4n) is 5.43. The predicted octanol–water partition coefficient (Wildman–Crippen LogP) is 4.70. The second kappa shape index (κ2) is 8.81. The molecule has 1 saturated heterocycles. The molecular formula is C26H34N2O2. The zero-order chi connectivity index (χ0) is 21.1. The highest BCUT2D eigenvalue weighted by Crippen LogP contribution is 2.46. The standard InChI is InChI=1S/C26H34N2O2/c1-19(29)27-25-24-10-9-23(30-3)17-22(24)11-14-26(25,2)18-28-15-12-21(13-16-28)20-7-5-4-6-8-20/h4-10,17,21,25H,11-16,18H2,1-3H3,(H,27,29)/t25-,26-/m1/s1. The Morgan fingerprint density at radius 2 is 1.90 bits per heavy atom. The van der Waals surface area contributed by atoms with E-state index in [-0.39, 0.29) is 17.4 Å². The summed E-state index contributed by atoms with van der Waals surface area (Å²) >= 11 is 0. The number of likely N-dealkylation sites (tertiary alicyclic amines) is 1. The van der Waals surface area contributed by atoms with Crippen LogP contribution in [-0.4, -0.2) is 37.6 Å². The SMILES string of the molecule is COc1ccc2c(c1)CC[C@](C)(CN1CCC(c3ccccc3)CC1)[C@@H]2NC(C)=O. The first-order valence-corrected chi connectivity index (χ1v) is 11.2. The van der Waals surface area contributed by atoms with Crippen molar-refractivity contribution in [1.29, 1.82) is 0 Å². The summed E-state index contributed by atoms with van der Waals surface area (Å²) in [6.07, 6.45) is 4.51. The summed E-state index contributed by atoms with van der Waals surface area (Å²) in [6.45, 7) is 7.24. The van der Waals surface area contributed by atoms with Gasteiger partial charge in [0, 0.05) is 18.9 Å². The van der Waals surface area contributed by atoms with Crippen molar-refractivity contribution in [2.45, 2.75) is 51.5 Å². The number of carbonyl (C=O) groups excluding carboxylic acids is 1. The van der Waals surface area contributed by atoms with Gasteiger partial charge in [-0.05, 0) is 73.5 Å². The monoisotopic (exact) mass is 406 g/mol. The minimum absolute atomic E-state index is 0.0207. The normalized spacial score (nSPS) is 24.8. The summed E-state index contributed by atoms with van der Waals surface area (Å²) in [5.74, 6) is 1.60. The maximum atomic E-state index is 12.1. The van der Waals surface area contributed by atoms with E-state index >= 15 is 0 Å². The van der Waals surface area contributed by atoms with E-state index < -0.39 is 0 Å². The molecule has 1 fully saturated rings. The predicted molar refractivity (Wildman–Crippen MR) is 121 cm³/mol. The first kappa shape index (κ1) is 20.9. The zero-order valence-corrected chi connectivity index (χ0v) is 18.5. The molecule has 160 valence electrons. The fraction of sp³-hybridized carbons (Fsp3) is 0.500. The molecule has 30 heavy (non-hydrogen) atoms. The van der Waals surface area contributed by atoms with Crippen LogP contribution in [0.25, 0.3) is 0 Å². The molecule has 2 atom stereocenters. The number of hydrogen-bond acceptors (Lipinski definition) is 3. The number of nitrogens with zero attached hydrogens (tertiary/aromatic N) is 1. The van der Waals surface area contributed by atoms with Gasteiger partial charge < -0.3 is 15.0 Å². The van der Waals surface area contributed by atoms with Gasteiger partial charge in [-0.25, -0.2) is 0 Å². The van der Waals surface area contributed by atoms with Crippen LogP contribution in [0, 0.1) is 5.41 Å². The topological polar surface area (TPSA) is 41.6 Å². The van der Waals surface area contributed by atoms with E-state index in [2.05, 4.69) is 59.6 Å². The number of ether oxygens (including phenoxy) is 1. The van der Waals surface area contributed by atoms with Crippen LogP contribution in [0.4, 0.5) is 0 Å². The number of rotatable bonds is 5. The summed E-state index contributed by atoms with van der Waals surface area (Å²) in [7, 11) is 1.71. The van der Waals surface area contributed by atoms with Crippen LogP contribution in [0.15, 0.2) is 48.5 Å². The molecule has 1 N–H and O–H groups in total. The van der Waals surface area contributed by atoms with E-state index in [1.165, 1.54) is 29.5 Å². The largest absolute Gasteiger partial charge is 0.497 e. The zero-order valence-electron chi connectivity index (χ0n) is 18.5. The highest BCUT2D eigenvalue weighted by molar-refractivity contribution is 5.73. The number of amides is 1. The molecule has 0 spiro atoms. The van der Waals surface area contributed by atoms with Gasteiger partial charge in [-0.1, -0.05) is 43.3 Å². The number of carbonyl (C=O) groups is 1. The lowest BCUT2D eigenvalue weighted by Crippen LogP contribution is -2.49. The van der Waals surface area contributed by atoms with Crippen LogP contribution in [-0.2, 0) is 11.2 Å². The third-order valence-corrected chi connectivity index (χ3v) is 7.11. The Morgan fingerprint density at radius 1 is 1.17 bits per heavy atom. The molecule has 0 saturated carbocycles. The van der Waals surface area contributed by atoms with Crippen molar-refractivity contribution < 1.29 is 9.53 Å². The van der Waals surface area contributed by atoms with E-state index in [0.717, 1.165) is 38.2 Å². The second-order valence-electron chi connectivity index (χ2n) is 9.31. The van der Waals surface area contributed by atoms with Crippen LogP contribution in [0.1, 0.15) is 61.8 Å². The number of piperidine rings is 1. The molecular weight excluding hydrogens is 372 g/mol. The van der Waals surface area contributed by atoms with Crippen LogP contribution in [0.3, 0.4) is 0 Å². The number of methoxy groups -OCH3 is 1. The van der Waals surface area contributed by atoms with E-state index in [0.29, 0.717) is 5.92 Å². The number of benzene rings is 2. The molecule has 1 aliphatic carbocycles. The maximum Gasteiger partial charge on any atom is 0.217 e. The van der Waals surface area contributed by atoms with Gasteiger partial charge in [0.15, 0.2) is 0 Å². The lowest BCUT2D eigenvalue weighted by atomic mass is 9.68. The van der Waals surface area contributed by atoms with E-state index in [9.17, 15) is 4.79 Å². The first-order valence-electron chi connectivity index (χ1n) is 11.2. The molecule has 0 bridgehead atoms. The Bertz CT molecular complexity index is 874. The van der Waals surface area contributed by atoms with E-state index in [1.807, 2.05) is 6.07 Å². The highest BCUT2D eigenvalue weighted by atomic mass is 16.5. The minimum Gasteiger partial charge on any atom is -0.497 e. The molecule has 2 aromatic carbocycles. The van der Waals surface area contributed by atoms with Gasteiger partial charge in [-0.2, -0.15) is 0 Å². The molecule has 0 aromatic heterocycles. The average molecular weight is 407 g/mol. The Balaban J connectivity index is 1.48. The number of nitrogens with one attached hydrogen (secondary N) is 1. The van der Waals surface area contributed by atoms with Crippen LogP contribution < -0.4 is 10.1 Å². The molecule has 4 nitrogen and oxygen atoms in total. The molecule has 1 heterocycles. The Morgan fingerprint density at radius 3 is 2.57 bits per heavy atom. The van der Waals surface area contributed by atoms with Crippen molar-refractivity contribution in [3.63, 3.8) is 0 Å². The van der Waals surface area contributed by atoms with Gasteiger partial charge in [-0.15, -0.1) is 0 Å². The van der Waals surface area contributed by atoms with Gasteiger partial charge >= 0.3 is 0 Å². The third kappa shape index (κ3) is 4.39. The molecule has 4 heteroatoms. The molecule has 2 aliphatic rings. The molecule has 4 rings (SSSR count). The van der Waals surface area contributed by atoms with Gasteiger partial charge in [0.2, 0.25) is 5.91 Å². The van der Waals surface area contributed by atoms with Crippen molar-refractivity contribution in [2.24, 2.45) is 5.41 Å². The fourth-order valence-corrected chi connectivity index (χ4v) is 5.43. The molecule has 0 radical (unpaired) electrons. The summed E-state index contributed by atoms with van der Waals surface area (Å²) in [5, 5.41) is 3.28. The maximum absolute atomic E-state index is 12.1. The lowest BCUT2D eigenvalue weighted by molar-refractivity contribution is -0.121. The third-order valence-electron chi connectivity index (χ3n) is 7.11. The quantitative estimate of drug-likeness (QED) is 0.782. The first-order chi connectivity index (χ1) is 14.5. The van der Waals surface area contributed by atoms with Crippen molar-refractivity contribution in [3.8, 4) is 5.75 Å². The number of fused-ring (bicyclic) bond motifs is 1. The Labute approximate surface area is 180 Å². The Kier molecular flexibility index (Phi) is 6.14. The average Bonchev–Trinajstić information content (AvgIpc) is 2.76. The second-order valence-corrected chi connectivity index (χ2v) is 9.31. The highest BCUT2D eigenvalue weighted by Gasteiger charge is 2.42. The smallest absolute Gasteiger partial charge is 0.217 e. The van der Waals surface area contributed by atoms with Crippen LogP contribution in [0.5, 0.6) is 5.75 Å². The minimum atomic E-state index is 0.0207. The molecule has 0 unspecified atom stereocenters. The van der Waals surface area contributed by atoms with Crippen LogP contribution >= 0.6 is 0 Å². The summed E-state index contributed by atoms with van der Waals surface area (Å²) < 4.78 is 5.42. The van der Waals surface area contributed by atoms with Crippen molar-refractivity contribution >= 4 is 5.91 Å². The van der Waals surface area contributed by atoms with Crippen molar-refractivity contribution in [1.82, 2.24) is 10.2 Å². The summed E-state index contributed by atoms with van der Waals surface area (Å²) in [4.78, 5) is 14.7. The molecule has 1 amide bonds. The molecule has 2 aromatic rings. The summed E-state index contributed by atoms with van der Waals surface area (Å²) in [6, 6.07) is 17.3. The Hall–Kier alpha value is -2.33. The summed E-state index contributed by atoms with van der Waals surface area (Å²) in [5.41, 5.74) is 4.04. The van der Waals surface area contributed by atoms with Crippen LogP contribution in [0.2, 0.25) is 0 Å². The van der Waals surface area contributed by atoms with Gasteiger partial charge in [0.25, 0.3) is 0 Å². The lowest BCUT2D eigenvalue weighted by Gasteiger charge is -2.46. The molecule has 1 aliphatic heterocycles. The number of aryl methyl sites for hydroxylation is 1. The van der Waals surface area contributed by atoms with Crippen molar-refractivity contribution in [3.05, 3.63) is 65.2 Å². The van der Waals surface area contributed by atoms with Gasteiger partial charge in [0.1, 0.15) is 5.75 Å². The van der Waals surface area contributed by atoms with Gasteiger partial charge in [-0.3, -0.25) is 4.79 Å². The van der Waals surface area contributed by atoms with E-state index in [4.69, 9.17) is 4.74 Å². The van der Waals surface area contributed by atoms with E-state index in [1.54, 1.807) is 14.0 Å².